The van der Waals surface area contributed by atoms with Crippen molar-refractivity contribution in [2.45, 2.75) is 19.6 Å². The van der Waals surface area contributed by atoms with E-state index in [2.05, 4.69) is 20.3 Å². The first-order valence-corrected chi connectivity index (χ1v) is 13.6. The number of carbonyl (C=O) groups excluding carboxylic acids is 2. The van der Waals surface area contributed by atoms with Crippen LogP contribution in [-0.2, 0) is 16.1 Å². The van der Waals surface area contributed by atoms with Crippen molar-refractivity contribution in [3.8, 4) is 11.7 Å². The van der Waals surface area contributed by atoms with Gasteiger partial charge in [-0.05, 0) is 24.6 Å². The van der Waals surface area contributed by atoms with Crippen LogP contribution in [0, 0.1) is 6.92 Å². The summed E-state index contributed by atoms with van der Waals surface area (Å²) in [6, 6.07) is 17.9. The summed E-state index contributed by atoms with van der Waals surface area (Å²) in [5.74, 6) is 1.28. The first-order valence-electron chi connectivity index (χ1n) is 13.2. The molecule has 1 atom stereocenters. The van der Waals surface area contributed by atoms with E-state index in [9.17, 15) is 9.59 Å². The Morgan fingerprint density at radius 1 is 1.07 bits per heavy atom. The van der Waals surface area contributed by atoms with E-state index in [0.717, 1.165) is 11.1 Å². The van der Waals surface area contributed by atoms with E-state index >= 15 is 0 Å². The molecule has 2 aromatic heterocycles. The van der Waals surface area contributed by atoms with Crippen LogP contribution in [0.5, 0.6) is 5.75 Å². The topological polar surface area (TPSA) is 115 Å². The molecule has 5 rings (SSSR count). The molecule has 12 heteroatoms. The summed E-state index contributed by atoms with van der Waals surface area (Å²) < 4.78 is 13.0. The predicted molar refractivity (Wildman–Crippen MR) is 153 cm³/mol. The van der Waals surface area contributed by atoms with E-state index in [-0.39, 0.29) is 43.9 Å². The average Bonchev–Trinajstić information content (AvgIpc) is 3.54. The minimum atomic E-state index is -0.836. The maximum Gasteiger partial charge on any atom is 0.410 e. The molecule has 2 aromatic carbocycles. The number of hydrogen-bond donors (Lipinski definition) is 1. The third-order valence-corrected chi connectivity index (χ3v) is 6.74. The van der Waals surface area contributed by atoms with Gasteiger partial charge in [0.2, 0.25) is 11.9 Å². The fourth-order valence-corrected chi connectivity index (χ4v) is 4.55. The quantitative estimate of drug-likeness (QED) is 0.238. The molecule has 4 aromatic rings. The van der Waals surface area contributed by atoms with Crippen LogP contribution in [0.25, 0.3) is 5.95 Å². The van der Waals surface area contributed by atoms with E-state index in [1.807, 2.05) is 66.4 Å². The number of aryl methyl sites for hydroxylation is 1. The highest BCUT2D eigenvalue weighted by Crippen LogP contribution is 2.22. The Labute approximate surface area is 242 Å². The zero-order valence-corrected chi connectivity index (χ0v) is 23.3. The third kappa shape index (κ3) is 7.31. The van der Waals surface area contributed by atoms with Gasteiger partial charge in [0.15, 0.2) is 0 Å². The molecule has 1 aliphatic rings. The summed E-state index contributed by atoms with van der Waals surface area (Å²) in [4.78, 5) is 42.9. The molecule has 0 spiro atoms. The van der Waals surface area contributed by atoms with E-state index in [1.54, 1.807) is 29.4 Å². The van der Waals surface area contributed by atoms with Crippen molar-refractivity contribution in [1.29, 1.82) is 0 Å². The van der Waals surface area contributed by atoms with Crippen LogP contribution in [0.3, 0.4) is 0 Å². The standard InChI is InChI=1S/C29H30ClN7O4/c1-21-7-9-23(10-8-21)40-16-12-32-27(38)24-18-35(26-17-25(30)33-28(34-26)36-13-11-31-20-36)14-15-37(24)29(39)41-19-22-5-3-2-4-6-22/h2-11,13,17,20,24H,12,14-16,18-19H2,1H3,(H,32,38). The second-order valence-corrected chi connectivity index (χ2v) is 9.85. The zero-order chi connectivity index (χ0) is 28.6. The molecule has 1 unspecified atom stereocenters. The molecule has 2 amide bonds. The smallest absolute Gasteiger partial charge is 0.410 e. The van der Waals surface area contributed by atoms with Crippen LogP contribution in [0.15, 0.2) is 79.4 Å². The molecule has 1 saturated heterocycles. The van der Waals surface area contributed by atoms with Gasteiger partial charge in [0.05, 0.1) is 6.54 Å². The lowest BCUT2D eigenvalue weighted by Gasteiger charge is -2.40. The molecule has 0 radical (unpaired) electrons. The van der Waals surface area contributed by atoms with Gasteiger partial charge in [0.25, 0.3) is 0 Å². The molecule has 1 N–H and O–H groups in total. The first-order chi connectivity index (χ1) is 20.0. The van der Waals surface area contributed by atoms with Gasteiger partial charge in [0, 0.05) is 38.1 Å². The number of nitrogens with one attached hydrogen (secondary N) is 1. The Bertz CT molecular complexity index is 1450. The fourth-order valence-electron chi connectivity index (χ4n) is 4.38. The normalized spacial score (nSPS) is 14.9. The molecular weight excluding hydrogens is 546 g/mol. The van der Waals surface area contributed by atoms with Crippen molar-refractivity contribution in [3.63, 3.8) is 0 Å². The minimum absolute atomic E-state index is 0.106. The summed E-state index contributed by atoms with van der Waals surface area (Å²) in [6.07, 6.45) is 4.34. The first kappa shape index (κ1) is 27.9. The van der Waals surface area contributed by atoms with Gasteiger partial charge in [-0.3, -0.25) is 14.3 Å². The van der Waals surface area contributed by atoms with Gasteiger partial charge < -0.3 is 19.7 Å². The summed E-state index contributed by atoms with van der Waals surface area (Å²) >= 11 is 6.32. The van der Waals surface area contributed by atoms with E-state index in [1.165, 1.54) is 4.90 Å². The number of ether oxygens (including phenoxy) is 2. The predicted octanol–water partition coefficient (Wildman–Crippen LogP) is 3.65. The molecule has 3 heterocycles. The second-order valence-electron chi connectivity index (χ2n) is 9.47. The zero-order valence-electron chi connectivity index (χ0n) is 22.5. The van der Waals surface area contributed by atoms with Gasteiger partial charge in [-0.1, -0.05) is 59.6 Å². The average molecular weight is 576 g/mol. The number of halogens is 1. The Morgan fingerprint density at radius 3 is 2.63 bits per heavy atom. The number of hydrogen-bond acceptors (Lipinski definition) is 8. The molecule has 41 heavy (non-hydrogen) atoms. The number of imidazole rings is 1. The molecule has 0 aliphatic carbocycles. The van der Waals surface area contributed by atoms with E-state index in [0.29, 0.717) is 24.1 Å². The maximum absolute atomic E-state index is 13.4. The van der Waals surface area contributed by atoms with Gasteiger partial charge >= 0.3 is 6.09 Å². The van der Waals surface area contributed by atoms with Crippen molar-refractivity contribution >= 4 is 29.4 Å². The van der Waals surface area contributed by atoms with Gasteiger partial charge in [-0.15, -0.1) is 0 Å². The number of anilines is 1. The largest absolute Gasteiger partial charge is 0.492 e. The number of aromatic nitrogens is 4. The third-order valence-electron chi connectivity index (χ3n) is 6.54. The number of piperazine rings is 1. The molecular formula is C29H30ClN7O4. The van der Waals surface area contributed by atoms with Crippen molar-refractivity contribution in [2.24, 2.45) is 0 Å². The lowest BCUT2D eigenvalue weighted by atomic mass is 10.1. The molecule has 0 saturated carbocycles. The monoisotopic (exact) mass is 575 g/mol. The highest BCUT2D eigenvalue weighted by molar-refractivity contribution is 6.29. The summed E-state index contributed by atoms with van der Waals surface area (Å²) in [5.41, 5.74) is 1.99. The lowest BCUT2D eigenvalue weighted by molar-refractivity contribution is -0.126. The van der Waals surface area contributed by atoms with Crippen LogP contribution in [0.1, 0.15) is 11.1 Å². The minimum Gasteiger partial charge on any atom is -0.492 e. The molecule has 1 aliphatic heterocycles. The van der Waals surface area contributed by atoms with Crippen LogP contribution < -0.4 is 15.0 Å². The van der Waals surface area contributed by atoms with Crippen LogP contribution in [-0.4, -0.2) is 75.2 Å². The summed E-state index contributed by atoms with van der Waals surface area (Å²) in [7, 11) is 0. The van der Waals surface area contributed by atoms with Crippen LogP contribution in [0.2, 0.25) is 5.15 Å². The Balaban J connectivity index is 1.28. The number of carbonyl (C=O) groups is 2. The highest BCUT2D eigenvalue weighted by atomic mass is 35.5. The Morgan fingerprint density at radius 2 is 1.88 bits per heavy atom. The van der Waals surface area contributed by atoms with Crippen molar-refractivity contribution < 1.29 is 19.1 Å². The Kier molecular flexibility index (Phi) is 8.95. The van der Waals surface area contributed by atoms with Crippen LogP contribution >= 0.6 is 11.6 Å². The molecule has 1 fully saturated rings. The molecule has 212 valence electrons. The van der Waals surface area contributed by atoms with Gasteiger partial charge in [0.1, 0.15) is 42.3 Å². The summed E-state index contributed by atoms with van der Waals surface area (Å²) in [6.45, 7) is 3.49. The lowest BCUT2D eigenvalue weighted by Crippen LogP contribution is -2.61. The van der Waals surface area contributed by atoms with Crippen molar-refractivity contribution in [3.05, 3.63) is 95.7 Å². The van der Waals surface area contributed by atoms with Crippen molar-refractivity contribution in [1.82, 2.24) is 29.7 Å². The molecule has 0 bridgehead atoms. The summed E-state index contributed by atoms with van der Waals surface area (Å²) in [5, 5.41) is 3.15. The second kappa shape index (κ2) is 13.1. The van der Waals surface area contributed by atoms with E-state index in [4.69, 9.17) is 21.1 Å². The highest BCUT2D eigenvalue weighted by Gasteiger charge is 2.37. The molecule has 11 nitrogen and oxygen atoms in total. The maximum atomic E-state index is 13.4. The number of benzene rings is 2. The van der Waals surface area contributed by atoms with E-state index < -0.39 is 12.1 Å². The van der Waals surface area contributed by atoms with Gasteiger partial charge in [-0.2, -0.15) is 4.98 Å². The number of amides is 2. The van der Waals surface area contributed by atoms with Crippen molar-refractivity contribution in [2.75, 3.05) is 37.7 Å². The Hall–Kier alpha value is -4.64. The van der Waals surface area contributed by atoms with Crippen LogP contribution in [0.4, 0.5) is 10.6 Å². The number of nitrogens with zero attached hydrogens (tertiary/aromatic N) is 6. The van der Waals surface area contributed by atoms with Gasteiger partial charge in [-0.25, -0.2) is 14.8 Å². The fraction of sp³-hybridized carbons (Fsp3) is 0.276. The SMILES string of the molecule is Cc1ccc(OCCNC(=O)C2CN(c3cc(Cl)nc(-n4ccnc4)n3)CCN2C(=O)OCc2ccccc2)cc1. The number of rotatable bonds is 9.